The summed E-state index contributed by atoms with van der Waals surface area (Å²) in [5, 5.41) is 3.20. The summed E-state index contributed by atoms with van der Waals surface area (Å²) in [7, 11) is 0. The van der Waals surface area contributed by atoms with Gasteiger partial charge in [-0.1, -0.05) is 31.2 Å². The zero-order chi connectivity index (χ0) is 13.0. The van der Waals surface area contributed by atoms with Gasteiger partial charge in [0.15, 0.2) is 0 Å². The van der Waals surface area contributed by atoms with E-state index in [2.05, 4.69) is 12.2 Å². The van der Waals surface area contributed by atoms with Crippen LogP contribution in [0.2, 0.25) is 0 Å². The highest BCUT2D eigenvalue weighted by molar-refractivity contribution is 5.79. The molecule has 1 saturated carbocycles. The molecule has 0 bridgehead atoms. The molecule has 3 heteroatoms. The van der Waals surface area contributed by atoms with Crippen LogP contribution < -0.4 is 11.1 Å². The first-order chi connectivity index (χ1) is 8.69. The maximum atomic E-state index is 12.1. The second-order valence-corrected chi connectivity index (χ2v) is 5.19. The van der Waals surface area contributed by atoms with Crippen LogP contribution in [0.25, 0.3) is 0 Å². The zero-order valence-corrected chi connectivity index (χ0v) is 11.0. The molecule has 2 rings (SSSR count). The van der Waals surface area contributed by atoms with Gasteiger partial charge in [0.1, 0.15) is 0 Å². The minimum atomic E-state index is 0.0781. The Morgan fingerprint density at radius 2 is 2.00 bits per heavy atom. The number of amides is 1. The lowest BCUT2D eigenvalue weighted by Gasteiger charge is -2.42. The Hall–Kier alpha value is -1.35. The number of carbonyl (C=O) groups excluding carboxylic acids is 1. The molecule has 0 saturated heterocycles. The molecule has 0 radical (unpaired) electrons. The van der Waals surface area contributed by atoms with Gasteiger partial charge in [-0.3, -0.25) is 4.79 Å². The molecule has 0 unspecified atom stereocenters. The molecule has 1 aromatic carbocycles. The first kappa shape index (κ1) is 13.1. The van der Waals surface area contributed by atoms with E-state index in [1.807, 2.05) is 24.3 Å². The average Bonchev–Trinajstić information content (AvgIpc) is 2.34. The minimum absolute atomic E-state index is 0.0781. The standard InChI is InChI=1S/C15H22N2O/c1-2-15(8-5-9-15)17-14(18)10-12-6-3-4-7-13(12)11-16/h3-4,6-7H,2,5,8-11,16H2,1H3,(H,17,18). The summed E-state index contributed by atoms with van der Waals surface area (Å²) in [6, 6.07) is 7.90. The molecule has 1 fully saturated rings. The third-order valence-corrected chi connectivity index (χ3v) is 4.08. The van der Waals surface area contributed by atoms with Crippen molar-refractivity contribution >= 4 is 5.91 Å². The molecule has 1 amide bonds. The van der Waals surface area contributed by atoms with Crippen molar-refractivity contribution < 1.29 is 4.79 Å². The Balaban J connectivity index is 1.98. The number of carbonyl (C=O) groups is 1. The van der Waals surface area contributed by atoms with Crippen molar-refractivity contribution in [1.82, 2.24) is 5.32 Å². The van der Waals surface area contributed by atoms with Gasteiger partial charge in [-0.05, 0) is 36.8 Å². The van der Waals surface area contributed by atoms with Crippen LogP contribution in [0.4, 0.5) is 0 Å². The summed E-state index contributed by atoms with van der Waals surface area (Å²) in [4.78, 5) is 12.1. The molecule has 98 valence electrons. The molecule has 1 aliphatic carbocycles. The molecule has 0 atom stereocenters. The molecule has 3 N–H and O–H groups in total. The molecular weight excluding hydrogens is 224 g/mol. The van der Waals surface area contributed by atoms with Crippen molar-refractivity contribution in [2.75, 3.05) is 0 Å². The van der Waals surface area contributed by atoms with Gasteiger partial charge in [-0.2, -0.15) is 0 Å². The van der Waals surface area contributed by atoms with Gasteiger partial charge < -0.3 is 11.1 Å². The van der Waals surface area contributed by atoms with Crippen molar-refractivity contribution in [2.45, 2.75) is 51.1 Å². The Kier molecular flexibility index (Phi) is 4.02. The molecule has 0 aliphatic heterocycles. The van der Waals surface area contributed by atoms with E-state index in [0.29, 0.717) is 13.0 Å². The van der Waals surface area contributed by atoms with Gasteiger partial charge in [-0.25, -0.2) is 0 Å². The topological polar surface area (TPSA) is 55.1 Å². The van der Waals surface area contributed by atoms with E-state index in [9.17, 15) is 4.79 Å². The summed E-state index contributed by atoms with van der Waals surface area (Å²) >= 11 is 0. The van der Waals surface area contributed by atoms with Crippen LogP contribution >= 0.6 is 0 Å². The van der Waals surface area contributed by atoms with E-state index in [-0.39, 0.29) is 11.4 Å². The van der Waals surface area contributed by atoms with Gasteiger partial charge in [0.05, 0.1) is 6.42 Å². The summed E-state index contributed by atoms with van der Waals surface area (Å²) in [6.07, 6.45) is 4.93. The quantitative estimate of drug-likeness (QED) is 0.836. The number of nitrogens with two attached hydrogens (primary N) is 1. The first-order valence-corrected chi connectivity index (χ1v) is 6.77. The van der Waals surface area contributed by atoms with Crippen molar-refractivity contribution in [3.05, 3.63) is 35.4 Å². The fraction of sp³-hybridized carbons (Fsp3) is 0.533. The smallest absolute Gasteiger partial charge is 0.224 e. The maximum Gasteiger partial charge on any atom is 0.224 e. The van der Waals surface area contributed by atoms with Crippen molar-refractivity contribution in [3.8, 4) is 0 Å². The van der Waals surface area contributed by atoms with Crippen molar-refractivity contribution in [1.29, 1.82) is 0 Å². The number of hydrogen-bond donors (Lipinski definition) is 2. The maximum absolute atomic E-state index is 12.1. The van der Waals surface area contributed by atoms with Crippen molar-refractivity contribution in [3.63, 3.8) is 0 Å². The van der Waals surface area contributed by atoms with E-state index < -0.39 is 0 Å². The molecule has 0 aromatic heterocycles. The Bertz CT molecular complexity index is 419. The molecular formula is C15H22N2O. The van der Waals surface area contributed by atoms with Crippen LogP contribution in [0.5, 0.6) is 0 Å². The SMILES string of the molecule is CCC1(NC(=O)Cc2ccccc2CN)CCC1. The number of benzene rings is 1. The summed E-state index contributed by atoms with van der Waals surface area (Å²) < 4.78 is 0. The molecule has 1 aromatic rings. The molecule has 0 heterocycles. The summed E-state index contributed by atoms with van der Waals surface area (Å²) in [6.45, 7) is 2.63. The van der Waals surface area contributed by atoms with Crippen LogP contribution in [0.3, 0.4) is 0 Å². The highest BCUT2D eigenvalue weighted by Gasteiger charge is 2.36. The second-order valence-electron chi connectivity index (χ2n) is 5.19. The molecule has 18 heavy (non-hydrogen) atoms. The lowest BCUT2D eigenvalue weighted by molar-refractivity contribution is -0.123. The van der Waals surface area contributed by atoms with Gasteiger partial charge in [0, 0.05) is 12.1 Å². The van der Waals surface area contributed by atoms with E-state index in [1.165, 1.54) is 6.42 Å². The number of rotatable bonds is 5. The van der Waals surface area contributed by atoms with E-state index in [0.717, 1.165) is 30.4 Å². The van der Waals surface area contributed by atoms with Gasteiger partial charge in [0.2, 0.25) is 5.91 Å². The van der Waals surface area contributed by atoms with Crippen LogP contribution in [0, 0.1) is 0 Å². The lowest BCUT2D eigenvalue weighted by atomic mass is 9.74. The van der Waals surface area contributed by atoms with Gasteiger partial charge in [-0.15, -0.1) is 0 Å². The Morgan fingerprint density at radius 1 is 1.33 bits per heavy atom. The van der Waals surface area contributed by atoms with Crippen LogP contribution in [-0.4, -0.2) is 11.4 Å². The fourth-order valence-corrected chi connectivity index (χ4v) is 2.61. The largest absolute Gasteiger partial charge is 0.350 e. The summed E-state index contributed by atoms with van der Waals surface area (Å²) in [5.41, 5.74) is 7.87. The van der Waals surface area contributed by atoms with E-state index in [1.54, 1.807) is 0 Å². The highest BCUT2D eigenvalue weighted by atomic mass is 16.1. The van der Waals surface area contributed by atoms with Crippen LogP contribution in [0.15, 0.2) is 24.3 Å². The van der Waals surface area contributed by atoms with E-state index >= 15 is 0 Å². The van der Waals surface area contributed by atoms with Gasteiger partial charge in [0.25, 0.3) is 0 Å². The van der Waals surface area contributed by atoms with Crippen LogP contribution in [-0.2, 0) is 17.8 Å². The van der Waals surface area contributed by atoms with Crippen LogP contribution in [0.1, 0.15) is 43.7 Å². The molecule has 3 nitrogen and oxygen atoms in total. The predicted octanol–water partition coefficient (Wildman–Crippen LogP) is 2.14. The molecule has 1 aliphatic rings. The summed E-state index contributed by atoms with van der Waals surface area (Å²) in [5.74, 6) is 0.123. The third-order valence-electron chi connectivity index (χ3n) is 4.08. The Morgan fingerprint density at radius 3 is 2.50 bits per heavy atom. The third kappa shape index (κ3) is 2.72. The monoisotopic (exact) mass is 246 g/mol. The first-order valence-electron chi connectivity index (χ1n) is 6.77. The number of hydrogen-bond acceptors (Lipinski definition) is 2. The fourth-order valence-electron chi connectivity index (χ4n) is 2.61. The zero-order valence-electron chi connectivity index (χ0n) is 11.0. The molecule has 0 spiro atoms. The minimum Gasteiger partial charge on any atom is -0.350 e. The average molecular weight is 246 g/mol. The van der Waals surface area contributed by atoms with E-state index in [4.69, 9.17) is 5.73 Å². The number of nitrogens with one attached hydrogen (secondary N) is 1. The highest BCUT2D eigenvalue weighted by Crippen LogP contribution is 2.34. The lowest BCUT2D eigenvalue weighted by Crippen LogP contribution is -2.53. The van der Waals surface area contributed by atoms with Gasteiger partial charge >= 0.3 is 0 Å². The van der Waals surface area contributed by atoms with Crippen molar-refractivity contribution in [2.24, 2.45) is 5.73 Å². The normalized spacial score (nSPS) is 17.0. The second kappa shape index (κ2) is 5.53. The Labute approximate surface area is 109 Å². The predicted molar refractivity (Wildman–Crippen MR) is 73.1 cm³/mol.